The molecule has 0 atom stereocenters. The van der Waals surface area contributed by atoms with E-state index in [2.05, 4.69) is 10.6 Å². The summed E-state index contributed by atoms with van der Waals surface area (Å²) in [7, 11) is 0. The third-order valence-corrected chi connectivity index (χ3v) is 4.83. The molecule has 0 aliphatic rings. The van der Waals surface area contributed by atoms with Gasteiger partial charge in [0.25, 0.3) is 11.8 Å². The minimum absolute atomic E-state index is 0.0575. The van der Waals surface area contributed by atoms with E-state index in [0.717, 1.165) is 4.90 Å². The average molecular weight is 406 g/mol. The van der Waals surface area contributed by atoms with Gasteiger partial charge in [-0.05, 0) is 54.8 Å². The monoisotopic (exact) mass is 406 g/mol. The number of halogens is 1. The lowest BCUT2D eigenvalue weighted by atomic mass is 10.1. The van der Waals surface area contributed by atoms with Crippen molar-refractivity contribution in [2.75, 3.05) is 11.6 Å². The molecule has 3 rings (SSSR count). The highest BCUT2D eigenvalue weighted by molar-refractivity contribution is 7.98. The van der Waals surface area contributed by atoms with E-state index < -0.39 is 17.6 Å². The van der Waals surface area contributed by atoms with Gasteiger partial charge in [0.15, 0.2) is 0 Å². The predicted octanol–water partition coefficient (Wildman–Crippen LogP) is 4.96. The molecule has 3 aromatic rings. The van der Waals surface area contributed by atoms with Crippen LogP contribution in [0.4, 0.5) is 10.1 Å². The van der Waals surface area contributed by atoms with E-state index in [-0.39, 0.29) is 11.3 Å². The number of hydrogen-bond acceptors (Lipinski definition) is 3. The second kappa shape index (κ2) is 9.71. The molecule has 0 saturated heterocycles. The van der Waals surface area contributed by atoms with Crippen molar-refractivity contribution in [3.05, 3.63) is 102 Å². The van der Waals surface area contributed by atoms with Crippen LogP contribution in [0.2, 0.25) is 0 Å². The molecule has 0 saturated carbocycles. The quantitative estimate of drug-likeness (QED) is 0.449. The molecule has 0 radical (unpaired) electrons. The summed E-state index contributed by atoms with van der Waals surface area (Å²) in [4.78, 5) is 26.4. The predicted molar refractivity (Wildman–Crippen MR) is 115 cm³/mol. The van der Waals surface area contributed by atoms with Gasteiger partial charge < -0.3 is 10.6 Å². The fourth-order valence-corrected chi connectivity index (χ4v) is 2.97. The van der Waals surface area contributed by atoms with Crippen molar-refractivity contribution in [1.29, 1.82) is 0 Å². The van der Waals surface area contributed by atoms with E-state index in [9.17, 15) is 14.0 Å². The van der Waals surface area contributed by atoms with Gasteiger partial charge in [0, 0.05) is 21.7 Å². The van der Waals surface area contributed by atoms with E-state index in [1.807, 2.05) is 18.4 Å². The number of thioether (sulfide) groups is 1. The van der Waals surface area contributed by atoms with Crippen LogP contribution in [0.3, 0.4) is 0 Å². The van der Waals surface area contributed by atoms with Crippen LogP contribution in [0.5, 0.6) is 0 Å². The number of carbonyl (C=O) groups excluding carboxylic acids is 2. The molecule has 4 nitrogen and oxygen atoms in total. The van der Waals surface area contributed by atoms with Gasteiger partial charge in [-0.3, -0.25) is 9.59 Å². The molecule has 6 heteroatoms. The fourth-order valence-electron chi connectivity index (χ4n) is 2.56. The fraction of sp³-hybridized carbons (Fsp3) is 0.0435. The van der Waals surface area contributed by atoms with E-state index in [0.29, 0.717) is 11.3 Å². The normalized spacial score (nSPS) is 11.0. The number of rotatable bonds is 6. The Morgan fingerprint density at radius 3 is 2.21 bits per heavy atom. The molecule has 2 N–H and O–H groups in total. The lowest BCUT2D eigenvalue weighted by Crippen LogP contribution is -2.30. The highest BCUT2D eigenvalue weighted by Crippen LogP contribution is 2.18. The molecular formula is C23H19FN2O2S. The van der Waals surface area contributed by atoms with E-state index in [1.54, 1.807) is 66.4 Å². The van der Waals surface area contributed by atoms with Crippen LogP contribution < -0.4 is 10.6 Å². The standard InChI is InChI=1S/C23H19FN2O2S/c1-29-19-13-11-18(12-14-19)25-23(28)21(15-17-9-5-6-10-20(17)24)26-22(27)16-7-3-2-4-8-16/h2-15H,1H3,(H,25,28)(H,26,27)/b21-15-. The molecule has 0 spiro atoms. The Labute approximate surface area is 172 Å². The summed E-state index contributed by atoms with van der Waals surface area (Å²) in [6, 6.07) is 21.8. The Hall–Kier alpha value is -3.38. The number of carbonyl (C=O) groups is 2. The van der Waals surface area contributed by atoms with Crippen LogP contribution in [0, 0.1) is 5.82 Å². The number of benzene rings is 3. The summed E-state index contributed by atoms with van der Waals surface area (Å²) in [5, 5.41) is 5.33. The first-order chi connectivity index (χ1) is 14.1. The van der Waals surface area contributed by atoms with Crippen molar-refractivity contribution in [3.63, 3.8) is 0 Å². The van der Waals surface area contributed by atoms with Gasteiger partial charge in [-0.15, -0.1) is 11.8 Å². The minimum Gasteiger partial charge on any atom is -0.321 e. The Morgan fingerprint density at radius 1 is 0.897 bits per heavy atom. The molecule has 0 bridgehead atoms. The maximum Gasteiger partial charge on any atom is 0.272 e. The number of nitrogens with one attached hydrogen (secondary N) is 2. The molecule has 29 heavy (non-hydrogen) atoms. The molecule has 2 amide bonds. The Bertz CT molecular complexity index is 1030. The zero-order valence-electron chi connectivity index (χ0n) is 15.7. The highest BCUT2D eigenvalue weighted by Gasteiger charge is 2.16. The van der Waals surface area contributed by atoms with Gasteiger partial charge in [0.2, 0.25) is 0 Å². The summed E-state index contributed by atoms with van der Waals surface area (Å²) < 4.78 is 14.1. The van der Waals surface area contributed by atoms with Crippen LogP contribution >= 0.6 is 11.8 Å². The maximum absolute atomic E-state index is 14.1. The molecule has 0 heterocycles. The molecule has 0 unspecified atom stereocenters. The third kappa shape index (κ3) is 5.56. The Balaban J connectivity index is 1.88. The minimum atomic E-state index is -0.547. The first-order valence-corrected chi connectivity index (χ1v) is 10.1. The van der Waals surface area contributed by atoms with Crippen molar-refractivity contribution in [2.45, 2.75) is 4.90 Å². The lowest BCUT2D eigenvalue weighted by molar-refractivity contribution is -0.113. The van der Waals surface area contributed by atoms with E-state index in [1.165, 1.54) is 18.2 Å². The summed E-state index contributed by atoms with van der Waals surface area (Å²) in [5.41, 5.74) is 1.10. The zero-order chi connectivity index (χ0) is 20.6. The van der Waals surface area contributed by atoms with Gasteiger partial charge in [0.05, 0.1) is 0 Å². The van der Waals surface area contributed by atoms with Crippen molar-refractivity contribution in [1.82, 2.24) is 5.32 Å². The number of amides is 2. The largest absolute Gasteiger partial charge is 0.321 e. The van der Waals surface area contributed by atoms with Crippen molar-refractivity contribution >= 4 is 35.3 Å². The van der Waals surface area contributed by atoms with Crippen molar-refractivity contribution in [2.24, 2.45) is 0 Å². The summed E-state index contributed by atoms with van der Waals surface area (Å²) in [5.74, 6) is -1.49. The SMILES string of the molecule is CSc1ccc(NC(=O)/C(=C/c2ccccc2F)NC(=O)c2ccccc2)cc1. The van der Waals surface area contributed by atoms with Gasteiger partial charge in [-0.1, -0.05) is 36.4 Å². The molecule has 0 aromatic heterocycles. The third-order valence-electron chi connectivity index (χ3n) is 4.08. The van der Waals surface area contributed by atoms with Crippen molar-refractivity contribution in [3.8, 4) is 0 Å². The lowest BCUT2D eigenvalue weighted by Gasteiger charge is -2.12. The Kier molecular flexibility index (Phi) is 6.81. The molecule has 3 aromatic carbocycles. The molecule has 0 aliphatic carbocycles. The van der Waals surface area contributed by atoms with Crippen LogP contribution in [0.1, 0.15) is 15.9 Å². The van der Waals surface area contributed by atoms with Crippen LogP contribution in [0.15, 0.2) is 89.5 Å². The summed E-state index contributed by atoms with van der Waals surface area (Å²) in [6.45, 7) is 0. The second-order valence-corrected chi connectivity index (χ2v) is 6.96. The molecule has 146 valence electrons. The molecule has 0 fully saturated rings. The smallest absolute Gasteiger partial charge is 0.272 e. The summed E-state index contributed by atoms with van der Waals surface area (Å²) in [6.07, 6.45) is 3.28. The second-order valence-electron chi connectivity index (χ2n) is 6.08. The molecule has 0 aliphatic heterocycles. The van der Waals surface area contributed by atoms with Gasteiger partial charge >= 0.3 is 0 Å². The first kappa shape index (κ1) is 20.4. The zero-order valence-corrected chi connectivity index (χ0v) is 16.5. The summed E-state index contributed by atoms with van der Waals surface area (Å²) >= 11 is 1.59. The number of anilines is 1. The van der Waals surface area contributed by atoms with Crippen LogP contribution in [-0.2, 0) is 4.79 Å². The van der Waals surface area contributed by atoms with E-state index in [4.69, 9.17) is 0 Å². The van der Waals surface area contributed by atoms with Crippen molar-refractivity contribution < 1.29 is 14.0 Å². The van der Waals surface area contributed by atoms with Crippen LogP contribution in [0.25, 0.3) is 6.08 Å². The Morgan fingerprint density at radius 2 is 1.55 bits per heavy atom. The topological polar surface area (TPSA) is 58.2 Å². The highest BCUT2D eigenvalue weighted by atomic mass is 32.2. The maximum atomic E-state index is 14.1. The van der Waals surface area contributed by atoms with E-state index >= 15 is 0 Å². The average Bonchev–Trinajstić information content (AvgIpc) is 2.75. The first-order valence-electron chi connectivity index (χ1n) is 8.85. The van der Waals surface area contributed by atoms with Crippen LogP contribution in [-0.4, -0.2) is 18.1 Å². The number of hydrogen-bond donors (Lipinski definition) is 2. The van der Waals surface area contributed by atoms with Gasteiger partial charge in [-0.25, -0.2) is 4.39 Å². The van der Waals surface area contributed by atoms with Gasteiger partial charge in [0.1, 0.15) is 11.5 Å². The van der Waals surface area contributed by atoms with Gasteiger partial charge in [-0.2, -0.15) is 0 Å². The molecular weight excluding hydrogens is 387 g/mol.